The van der Waals surface area contributed by atoms with Crippen molar-refractivity contribution in [2.24, 2.45) is 0 Å². The quantitative estimate of drug-likeness (QED) is 0.212. The van der Waals surface area contributed by atoms with E-state index in [-0.39, 0.29) is 23.5 Å². The van der Waals surface area contributed by atoms with Gasteiger partial charge in [-0.15, -0.1) is 0 Å². The Morgan fingerprint density at radius 1 is 1.08 bits per heavy atom. The Morgan fingerprint density at radius 3 is 2.56 bits per heavy atom. The standard InChI is InChI=1S/C30H24ClNO7/c1-4-38-30(36)17-9-7-10-20(13-17)32-25(21-11-6-5-8-16(21)2)24(27(34)29(32)35)26(33)22-14-18-12-19(31)15-23(37-3)28(18)39-22/h5-15,25,34H,4H2,1-3H3. The molecule has 1 unspecified atom stereocenters. The number of aliphatic hydroxyl groups is 1. The van der Waals surface area contributed by atoms with Gasteiger partial charge >= 0.3 is 5.97 Å². The number of hydrogen-bond donors (Lipinski definition) is 1. The highest BCUT2D eigenvalue weighted by Crippen LogP contribution is 2.44. The van der Waals surface area contributed by atoms with Crippen molar-refractivity contribution >= 4 is 45.9 Å². The summed E-state index contributed by atoms with van der Waals surface area (Å²) < 4.78 is 16.3. The number of ether oxygens (including phenoxy) is 2. The van der Waals surface area contributed by atoms with Gasteiger partial charge in [0, 0.05) is 22.2 Å². The Labute approximate surface area is 229 Å². The lowest BCUT2D eigenvalue weighted by Crippen LogP contribution is -2.31. The highest BCUT2D eigenvalue weighted by Gasteiger charge is 2.46. The van der Waals surface area contributed by atoms with Gasteiger partial charge < -0.3 is 19.0 Å². The normalized spacial score (nSPS) is 15.2. The fourth-order valence-electron chi connectivity index (χ4n) is 4.77. The first-order valence-corrected chi connectivity index (χ1v) is 12.5. The van der Waals surface area contributed by atoms with E-state index in [9.17, 15) is 19.5 Å². The fraction of sp³-hybridized carbons (Fsp3) is 0.167. The second-order valence-corrected chi connectivity index (χ2v) is 9.37. The maximum absolute atomic E-state index is 14.0. The number of amides is 1. The maximum Gasteiger partial charge on any atom is 0.338 e. The third-order valence-electron chi connectivity index (χ3n) is 6.56. The monoisotopic (exact) mass is 545 g/mol. The number of carbonyl (C=O) groups is 3. The molecule has 1 atom stereocenters. The van der Waals surface area contributed by atoms with E-state index < -0.39 is 29.5 Å². The highest BCUT2D eigenvalue weighted by atomic mass is 35.5. The van der Waals surface area contributed by atoms with E-state index in [1.807, 2.05) is 19.1 Å². The van der Waals surface area contributed by atoms with Gasteiger partial charge in [0.1, 0.15) is 0 Å². The van der Waals surface area contributed by atoms with Crippen LogP contribution in [0.25, 0.3) is 11.0 Å². The molecule has 0 radical (unpaired) electrons. The third kappa shape index (κ3) is 4.53. The Bertz CT molecular complexity index is 1670. The average Bonchev–Trinajstić information content (AvgIpc) is 3.47. The van der Waals surface area contributed by atoms with Crippen LogP contribution in [-0.4, -0.2) is 36.5 Å². The van der Waals surface area contributed by atoms with Crippen molar-refractivity contribution in [2.75, 3.05) is 18.6 Å². The van der Waals surface area contributed by atoms with Crippen LogP contribution in [0.3, 0.4) is 0 Å². The number of methoxy groups -OCH3 is 1. The SMILES string of the molecule is CCOC(=O)c1cccc(N2C(=O)C(O)=C(C(=O)c3cc4cc(Cl)cc(OC)c4o3)C2c2ccccc2C)c1. The molecule has 0 saturated heterocycles. The molecule has 4 aromatic rings. The third-order valence-corrected chi connectivity index (χ3v) is 6.78. The van der Waals surface area contributed by atoms with E-state index in [4.69, 9.17) is 25.5 Å². The molecular weight excluding hydrogens is 522 g/mol. The number of aryl methyl sites for hydroxylation is 1. The van der Waals surface area contributed by atoms with E-state index in [2.05, 4.69) is 0 Å². The summed E-state index contributed by atoms with van der Waals surface area (Å²) in [4.78, 5) is 41.2. The Balaban J connectivity index is 1.66. The van der Waals surface area contributed by atoms with Crippen LogP contribution in [0, 0.1) is 6.92 Å². The van der Waals surface area contributed by atoms with Gasteiger partial charge in [0.2, 0.25) is 5.78 Å². The van der Waals surface area contributed by atoms with Crippen LogP contribution in [-0.2, 0) is 9.53 Å². The van der Waals surface area contributed by atoms with Crippen LogP contribution in [0.1, 0.15) is 45.0 Å². The molecule has 198 valence electrons. The second-order valence-electron chi connectivity index (χ2n) is 8.93. The summed E-state index contributed by atoms with van der Waals surface area (Å²) >= 11 is 6.18. The number of aliphatic hydroxyl groups excluding tert-OH is 1. The van der Waals surface area contributed by atoms with Gasteiger partial charge in [-0.3, -0.25) is 14.5 Å². The summed E-state index contributed by atoms with van der Waals surface area (Å²) in [6, 6.07) is 17.2. The Morgan fingerprint density at radius 2 is 1.85 bits per heavy atom. The molecule has 0 fully saturated rings. The number of furan rings is 1. The van der Waals surface area contributed by atoms with Gasteiger partial charge in [-0.1, -0.05) is 41.9 Å². The largest absolute Gasteiger partial charge is 0.503 e. The number of esters is 1. The number of halogens is 1. The van der Waals surface area contributed by atoms with Crippen LogP contribution >= 0.6 is 11.6 Å². The minimum absolute atomic E-state index is 0.0966. The minimum Gasteiger partial charge on any atom is -0.503 e. The first-order valence-electron chi connectivity index (χ1n) is 12.2. The lowest BCUT2D eigenvalue weighted by molar-refractivity contribution is -0.117. The minimum atomic E-state index is -0.998. The van der Waals surface area contributed by atoms with Gasteiger partial charge in [0.05, 0.1) is 30.9 Å². The van der Waals surface area contributed by atoms with Crippen molar-refractivity contribution in [1.82, 2.24) is 0 Å². The molecule has 9 heteroatoms. The Hall–Kier alpha value is -4.56. The molecule has 0 bridgehead atoms. The van der Waals surface area contributed by atoms with Crippen LogP contribution < -0.4 is 9.64 Å². The van der Waals surface area contributed by atoms with Gasteiger partial charge in [-0.2, -0.15) is 0 Å². The van der Waals surface area contributed by atoms with Crippen LogP contribution in [0.4, 0.5) is 5.69 Å². The number of nitrogens with zero attached hydrogens (tertiary/aromatic N) is 1. The Kier molecular flexibility index (Phi) is 6.89. The van der Waals surface area contributed by atoms with Crippen molar-refractivity contribution in [3.8, 4) is 5.75 Å². The number of anilines is 1. The molecule has 5 rings (SSSR count). The van der Waals surface area contributed by atoms with Gasteiger partial charge in [0.25, 0.3) is 5.91 Å². The molecule has 3 aromatic carbocycles. The predicted octanol–water partition coefficient (Wildman–Crippen LogP) is 6.36. The summed E-state index contributed by atoms with van der Waals surface area (Å²) in [6.45, 7) is 3.73. The van der Waals surface area contributed by atoms with Gasteiger partial charge in [0.15, 0.2) is 22.9 Å². The number of carbonyl (C=O) groups excluding carboxylic acids is 3. The van der Waals surface area contributed by atoms with Crippen molar-refractivity contribution in [3.63, 3.8) is 0 Å². The summed E-state index contributed by atoms with van der Waals surface area (Å²) in [7, 11) is 1.45. The van der Waals surface area contributed by atoms with E-state index >= 15 is 0 Å². The van der Waals surface area contributed by atoms with Crippen molar-refractivity contribution in [2.45, 2.75) is 19.9 Å². The zero-order valence-corrected chi connectivity index (χ0v) is 22.1. The molecule has 1 amide bonds. The number of fused-ring (bicyclic) bond motifs is 1. The van der Waals surface area contributed by atoms with Crippen LogP contribution in [0.2, 0.25) is 5.02 Å². The maximum atomic E-state index is 14.0. The molecule has 8 nitrogen and oxygen atoms in total. The molecule has 1 aliphatic rings. The summed E-state index contributed by atoms with van der Waals surface area (Å²) in [5.74, 6) is -2.48. The lowest BCUT2D eigenvalue weighted by atomic mass is 9.92. The zero-order valence-electron chi connectivity index (χ0n) is 21.4. The van der Waals surface area contributed by atoms with Gasteiger partial charge in [-0.05, 0) is 55.3 Å². The van der Waals surface area contributed by atoms with E-state index in [0.29, 0.717) is 33.0 Å². The summed E-state index contributed by atoms with van der Waals surface area (Å²) in [5.41, 5.74) is 2.11. The zero-order chi connectivity index (χ0) is 27.8. The molecule has 1 N–H and O–H groups in total. The highest BCUT2D eigenvalue weighted by molar-refractivity contribution is 6.31. The van der Waals surface area contributed by atoms with E-state index in [1.54, 1.807) is 49.4 Å². The number of hydrogen-bond acceptors (Lipinski definition) is 7. The number of Topliss-reactive ketones (excluding diaryl/α,β-unsaturated/α-hetero) is 1. The topological polar surface area (TPSA) is 106 Å². The molecular formula is C30H24ClNO7. The van der Waals surface area contributed by atoms with Gasteiger partial charge in [-0.25, -0.2) is 4.79 Å². The first-order chi connectivity index (χ1) is 18.7. The summed E-state index contributed by atoms with van der Waals surface area (Å²) in [5, 5.41) is 12.0. The first kappa shape index (κ1) is 26.1. The molecule has 0 saturated carbocycles. The number of benzene rings is 3. The van der Waals surface area contributed by atoms with E-state index in [1.165, 1.54) is 24.1 Å². The van der Waals surface area contributed by atoms with Crippen molar-refractivity contribution in [3.05, 3.63) is 106 Å². The smallest absolute Gasteiger partial charge is 0.338 e. The predicted molar refractivity (Wildman–Crippen MR) is 146 cm³/mol. The molecule has 2 heterocycles. The second kappa shape index (κ2) is 10.3. The van der Waals surface area contributed by atoms with Crippen molar-refractivity contribution < 1.29 is 33.4 Å². The van der Waals surface area contributed by atoms with Crippen LogP contribution in [0.15, 0.2) is 82.5 Å². The van der Waals surface area contributed by atoms with Crippen LogP contribution in [0.5, 0.6) is 5.75 Å². The molecule has 1 aromatic heterocycles. The van der Waals surface area contributed by atoms with Crippen molar-refractivity contribution in [1.29, 1.82) is 0 Å². The fourth-order valence-corrected chi connectivity index (χ4v) is 4.99. The summed E-state index contributed by atoms with van der Waals surface area (Å²) in [6.07, 6.45) is 0. The molecule has 0 spiro atoms. The molecule has 0 aliphatic carbocycles. The average molecular weight is 546 g/mol. The molecule has 1 aliphatic heterocycles. The lowest BCUT2D eigenvalue weighted by Gasteiger charge is -2.28. The number of ketones is 1. The number of rotatable bonds is 7. The molecule has 39 heavy (non-hydrogen) atoms. The van der Waals surface area contributed by atoms with E-state index in [0.717, 1.165) is 5.56 Å².